The van der Waals surface area contributed by atoms with Gasteiger partial charge in [-0.05, 0) is 55.4 Å². The third-order valence-electron chi connectivity index (χ3n) is 8.02. The summed E-state index contributed by atoms with van der Waals surface area (Å²) in [5.74, 6) is 1.80. The Morgan fingerprint density at radius 2 is 1.97 bits per heavy atom. The van der Waals surface area contributed by atoms with Crippen LogP contribution in [0.3, 0.4) is 0 Å². The van der Waals surface area contributed by atoms with E-state index in [1.165, 1.54) is 4.80 Å². The quantitative estimate of drug-likeness (QED) is 0.524. The Morgan fingerprint density at radius 1 is 1.17 bits per heavy atom. The fourth-order valence-electron chi connectivity index (χ4n) is 5.48. The van der Waals surface area contributed by atoms with Crippen LogP contribution in [0.4, 0.5) is 10.2 Å². The van der Waals surface area contributed by atoms with Gasteiger partial charge in [-0.3, -0.25) is 0 Å². The molecule has 9 nitrogen and oxygen atoms in total. The van der Waals surface area contributed by atoms with E-state index < -0.39 is 6.17 Å². The first-order chi connectivity index (χ1) is 17.3. The van der Waals surface area contributed by atoms with E-state index >= 15 is 4.39 Å². The SMILES string of the molecule is CC[C@]1(C)CCCC(C)C[C@H](N(c2cnc(-c3ccc(-c4nnn(C)n4)cc3O)nn2)C2CC2)[C@@H]1F. The number of aromatic nitrogens is 7. The summed E-state index contributed by atoms with van der Waals surface area (Å²) < 4.78 is 16.3. The number of tetrazole rings is 1. The average molecular weight is 495 g/mol. The lowest BCUT2D eigenvalue weighted by atomic mass is 9.71. The molecule has 4 atom stereocenters. The molecule has 0 amide bonds. The van der Waals surface area contributed by atoms with Gasteiger partial charge in [0.2, 0.25) is 5.82 Å². The molecule has 1 unspecified atom stereocenters. The van der Waals surface area contributed by atoms with Gasteiger partial charge in [-0.15, -0.1) is 20.4 Å². The number of rotatable bonds is 6. The number of halogens is 1. The molecule has 0 radical (unpaired) electrons. The second kappa shape index (κ2) is 9.71. The fraction of sp³-hybridized carbons (Fsp3) is 0.615. The molecule has 10 heteroatoms. The highest BCUT2D eigenvalue weighted by molar-refractivity contribution is 5.70. The van der Waals surface area contributed by atoms with Gasteiger partial charge in [0.1, 0.15) is 11.9 Å². The van der Waals surface area contributed by atoms with Crippen molar-refractivity contribution in [3.8, 4) is 28.5 Å². The van der Waals surface area contributed by atoms with Gasteiger partial charge in [0.15, 0.2) is 11.6 Å². The largest absolute Gasteiger partial charge is 0.507 e. The van der Waals surface area contributed by atoms with Crippen LogP contribution in [0.2, 0.25) is 0 Å². The van der Waals surface area contributed by atoms with Crippen LogP contribution in [-0.4, -0.2) is 58.8 Å². The number of anilines is 1. The Hall–Kier alpha value is -3.17. The van der Waals surface area contributed by atoms with Gasteiger partial charge >= 0.3 is 0 Å². The lowest BCUT2D eigenvalue weighted by Gasteiger charge is -2.45. The summed E-state index contributed by atoms with van der Waals surface area (Å²) in [6, 6.07) is 5.10. The van der Waals surface area contributed by atoms with Crippen LogP contribution in [0.1, 0.15) is 65.7 Å². The smallest absolute Gasteiger partial charge is 0.205 e. The Kier molecular flexibility index (Phi) is 6.61. The third-order valence-corrected chi connectivity index (χ3v) is 8.02. The van der Waals surface area contributed by atoms with Crippen molar-refractivity contribution in [3.63, 3.8) is 0 Å². The topological polar surface area (TPSA) is 106 Å². The van der Waals surface area contributed by atoms with Crippen molar-refractivity contribution >= 4 is 5.82 Å². The van der Waals surface area contributed by atoms with Crippen LogP contribution in [0.25, 0.3) is 22.8 Å². The van der Waals surface area contributed by atoms with Gasteiger partial charge in [0, 0.05) is 17.0 Å². The first-order valence-corrected chi connectivity index (χ1v) is 13.0. The second-order valence-corrected chi connectivity index (χ2v) is 10.8. The molecule has 0 spiro atoms. The maximum atomic E-state index is 16.3. The monoisotopic (exact) mass is 494 g/mol. The van der Waals surface area contributed by atoms with Crippen LogP contribution in [0.5, 0.6) is 5.75 Å². The molecule has 2 fully saturated rings. The van der Waals surface area contributed by atoms with E-state index in [0.717, 1.165) is 44.9 Å². The maximum absolute atomic E-state index is 16.3. The minimum Gasteiger partial charge on any atom is -0.507 e. The predicted octanol–water partition coefficient (Wildman–Crippen LogP) is 4.74. The van der Waals surface area contributed by atoms with Crippen molar-refractivity contribution in [2.75, 3.05) is 4.90 Å². The Morgan fingerprint density at radius 3 is 2.58 bits per heavy atom. The van der Waals surface area contributed by atoms with Crippen molar-refractivity contribution in [2.24, 2.45) is 18.4 Å². The van der Waals surface area contributed by atoms with Gasteiger partial charge in [-0.25, -0.2) is 9.37 Å². The van der Waals surface area contributed by atoms with E-state index in [2.05, 4.69) is 56.3 Å². The average Bonchev–Trinajstić information content (AvgIpc) is 3.61. The number of hydrogen-bond donors (Lipinski definition) is 1. The van der Waals surface area contributed by atoms with Crippen molar-refractivity contribution in [1.82, 2.24) is 35.4 Å². The number of nitrogens with zero attached hydrogens (tertiary/aromatic N) is 8. The minimum atomic E-state index is -0.946. The molecule has 0 aliphatic heterocycles. The van der Waals surface area contributed by atoms with Gasteiger partial charge in [-0.2, -0.15) is 4.80 Å². The zero-order chi connectivity index (χ0) is 25.4. The second-order valence-electron chi connectivity index (χ2n) is 10.8. The normalized spacial score (nSPS) is 26.9. The summed E-state index contributed by atoms with van der Waals surface area (Å²) in [5.41, 5.74) is 0.755. The summed E-state index contributed by atoms with van der Waals surface area (Å²) in [5, 5.41) is 31.5. The number of phenolic OH excluding ortho intramolecular Hbond substituents is 1. The van der Waals surface area contributed by atoms with E-state index in [4.69, 9.17) is 0 Å². The molecule has 2 heterocycles. The summed E-state index contributed by atoms with van der Waals surface area (Å²) >= 11 is 0. The molecule has 2 aromatic heterocycles. The molecule has 1 N–H and O–H groups in total. The highest BCUT2D eigenvalue weighted by atomic mass is 19.1. The van der Waals surface area contributed by atoms with Gasteiger partial charge < -0.3 is 10.0 Å². The van der Waals surface area contributed by atoms with Crippen molar-refractivity contribution in [3.05, 3.63) is 24.4 Å². The lowest BCUT2D eigenvalue weighted by Crippen LogP contribution is -2.51. The summed E-state index contributed by atoms with van der Waals surface area (Å²) in [6.45, 7) is 6.43. The van der Waals surface area contributed by atoms with Crippen LogP contribution in [0.15, 0.2) is 24.4 Å². The van der Waals surface area contributed by atoms with Gasteiger partial charge in [0.05, 0.1) is 24.8 Å². The molecular formula is C26H35FN8O. The number of alkyl halides is 1. The predicted molar refractivity (Wildman–Crippen MR) is 135 cm³/mol. The van der Waals surface area contributed by atoms with E-state index in [0.29, 0.717) is 34.5 Å². The molecule has 5 rings (SSSR count). The maximum Gasteiger partial charge on any atom is 0.205 e. The molecule has 3 aromatic rings. The summed E-state index contributed by atoms with van der Waals surface area (Å²) in [4.78, 5) is 8.06. The fourth-order valence-corrected chi connectivity index (χ4v) is 5.48. The van der Waals surface area contributed by atoms with Crippen LogP contribution < -0.4 is 4.90 Å². The zero-order valence-electron chi connectivity index (χ0n) is 21.5. The number of aromatic hydroxyl groups is 1. The molecule has 2 aliphatic rings. The number of aryl methyl sites for hydroxylation is 1. The molecule has 1 aromatic carbocycles. The van der Waals surface area contributed by atoms with Crippen molar-refractivity contribution < 1.29 is 9.50 Å². The lowest BCUT2D eigenvalue weighted by molar-refractivity contribution is 0.0577. The number of hydrogen-bond acceptors (Lipinski definition) is 8. The van der Waals surface area contributed by atoms with Gasteiger partial charge in [-0.1, -0.05) is 39.7 Å². The summed E-state index contributed by atoms with van der Waals surface area (Å²) in [7, 11) is 1.68. The van der Waals surface area contributed by atoms with Crippen molar-refractivity contribution in [2.45, 2.75) is 84.0 Å². The highest BCUT2D eigenvalue weighted by Crippen LogP contribution is 2.45. The van der Waals surface area contributed by atoms with Crippen LogP contribution in [0, 0.1) is 11.3 Å². The van der Waals surface area contributed by atoms with E-state index in [-0.39, 0.29) is 23.2 Å². The van der Waals surface area contributed by atoms with Crippen molar-refractivity contribution in [1.29, 1.82) is 0 Å². The van der Waals surface area contributed by atoms with E-state index in [1.54, 1.807) is 31.4 Å². The zero-order valence-corrected chi connectivity index (χ0v) is 21.5. The molecule has 36 heavy (non-hydrogen) atoms. The molecule has 2 aliphatic carbocycles. The number of phenols is 1. The molecule has 2 saturated carbocycles. The third kappa shape index (κ3) is 4.77. The Labute approximate surface area is 211 Å². The standard InChI is InChI=1S/C26H35FN8O/c1-5-26(3)12-6-7-16(2)13-20(23(26)27)35(18-9-10-18)22-15-28-25(30-29-22)19-11-8-17(14-21(19)36)24-31-33-34(4)32-24/h8,11,14-16,18,20,23,36H,5-7,9-10,12-13H2,1-4H3/t16?,20-,23-,26+/m0/s1. The number of benzene rings is 1. The molecule has 0 bridgehead atoms. The van der Waals surface area contributed by atoms with E-state index in [1.807, 2.05) is 0 Å². The first kappa shape index (κ1) is 24.5. The molecule has 192 valence electrons. The Bertz CT molecular complexity index is 1200. The van der Waals surface area contributed by atoms with Crippen LogP contribution >= 0.6 is 0 Å². The molecular weight excluding hydrogens is 459 g/mol. The highest BCUT2D eigenvalue weighted by Gasteiger charge is 2.46. The van der Waals surface area contributed by atoms with Crippen LogP contribution in [-0.2, 0) is 7.05 Å². The first-order valence-electron chi connectivity index (χ1n) is 13.0. The van der Waals surface area contributed by atoms with E-state index in [9.17, 15) is 5.11 Å². The molecule has 0 saturated heterocycles. The minimum absolute atomic E-state index is 0.00456. The summed E-state index contributed by atoms with van der Waals surface area (Å²) in [6.07, 6.45) is 7.52. The Balaban J connectivity index is 1.43. The van der Waals surface area contributed by atoms with Gasteiger partial charge in [0.25, 0.3) is 0 Å².